The van der Waals surface area contributed by atoms with Gasteiger partial charge in [-0.1, -0.05) is 38.5 Å². The minimum absolute atomic E-state index is 0.000556. The van der Waals surface area contributed by atoms with E-state index in [1.54, 1.807) is 0 Å². The molecule has 10 heteroatoms. The fourth-order valence-electron chi connectivity index (χ4n) is 3.48. The Hall–Kier alpha value is -1.68. The number of hydrogen-bond donors (Lipinski definition) is 1. The molecule has 2 rings (SSSR count). The lowest BCUT2D eigenvalue weighted by Crippen LogP contribution is -2.48. The lowest BCUT2D eigenvalue weighted by molar-refractivity contribution is -0.663. The molecular weight excluding hydrogens is 316 g/mol. The molecule has 0 aromatic carbocycles. The molecule has 138 valence electrons. The maximum atomic E-state index is 11.3. The van der Waals surface area contributed by atoms with Gasteiger partial charge in [0.05, 0.1) is 6.54 Å². The summed E-state index contributed by atoms with van der Waals surface area (Å²) in [6.07, 6.45) is 9.18. The Bertz CT molecular complexity index is 414. The van der Waals surface area contributed by atoms with Crippen molar-refractivity contribution < 1.29 is 10.1 Å². The van der Waals surface area contributed by atoms with Crippen LogP contribution in [0.2, 0.25) is 0 Å². The van der Waals surface area contributed by atoms with Crippen LogP contribution >= 0.6 is 0 Å². The molecule has 1 saturated carbocycles. The van der Waals surface area contributed by atoms with E-state index in [0.717, 1.165) is 35.7 Å². The SMILES string of the molecule is O=[N+]([O-])N1CCN(C2CCCCCCCC2)CN([N+](=O)[O-])CNC1. The molecule has 1 aliphatic carbocycles. The van der Waals surface area contributed by atoms with Crippen LogP contribution in [-0.4, -0.2) is 64.1 Å². The average Bonchev–Trinajstić information content (AvgIpc) is 2.74. The molecule has 0 spiro atoms. The lowest BCUT2D eigenvalue weighted by atomic mass is 10.0. The predicted molar refractivity (Wildman–Crippen MR) is 87.7 cm³/mol. The zero-order valence-electron chi connectivity index (χ0n) is 14.1. The van der Waals surface area contributed by atoms with Crippen LogP contribution in [-0.2, 0) is 0 Å². The first-order valence-electron chi connectivity index (χ1n) is 8.81. The van der Waals surface area contributed by atoms with Gasteiger partial charge < -0.3 is 0 Å². The molecule has 0 aromatic rings. The second kappa shape index (κ2) is 9.58. The molecule has 1 N–H and O–H groups in total. The second-order valence-corrected chi connectivity index (χ2v) is 6.58. The normalized spacial score (nSPS) is 23.3. The van der Waals surface area contributed by atoms with Gasteiger partial charge in [-0.05, 0) is 12.8 Å². The Kier molecular flexibility index (Phi) is 7.44. The number of rotatable bonds is 3. The average molecular weight is 344 g/mol. The summed E-state index contributed by atoms with van der Waals surface area (Å²) < 4.78 is 0. The number of nitrogens with zero attached hydrogens (tertiary/aromatic N) is 5. The Morgan fingerprint density at radius 3 is 1.92 bits per heavy atom. The van der Waals surface area contributed by atoms with Crippen LogP contribution in [0.4, 0.5) is 0 Å². The summed E-state index contributed by atoms with van der Waals surface area (Å²) in [7, 11) is 0. The van der Waals surface area contributed by atoms with Gasteiger partial charge in [0.1, 0.15) is 20.0 Å². The third kappa shape index (κ3) is 5.75. The van der Waals surface area contributed by atoms with E-state index in [2.05, 4.69) is 10.2 Å². The number of nitrogens with one attached hydrogen (secondary N) is 1. The maximum Gasteiger partial charge on any atom is 0.162 e. The van der Waals surface area contributed by atoms with Crippen molar-refractivity contribution in [2.45, 2.75) is 57.4 Å². The number of hydrogen-bond acceptors (Lipinski definition) is 6. The first-order chi connectivity index (χ1) is 11.6. The monoisotopic (exact) mass is 344 g/mol. The highest BCUT2D eigenvalue weighted by Gasteiger charge is 2.28. The molecule has 2 aliphatic rings. The molecular formula is C14H28N6O4. The van der Waals surface area contributed by atoms with Crippen molar-refractivity contribution in [1.29, 1.82) is 0 Å². The highest BCUT2D eigenvalue weighted by atomic mass is 16.7. The van der Waals surface area contributed by atoms with Gasteiger partial charge in [-0.15, -0.1) is 10.0 Å². The quantitative estimate of drug-likeness (QED) is 0.602. The van der Waals surface area contributed by atoms with Crippen molar-refractivity contribution in [1.82, 2.24) is 20.2 Å². The van der Waals surface area contributed by atoms with Gasteiger partial charge in [0.25, 0.3) is 0 Å². The van der Waals surface area contributed by atoms with E-state index < -0.39 is 10.1 Å². The summed E-state index contributed by atoms with van der Waals surface area (Å²) in [6.45, 7) is 0.951. The molecule has 10 nitrogen and oxygen atoms in total. The third-order valence-corrected chi connectivity index (χ3v) is 4.88. The summed E-state index contributed by atoms with van der Waals surface area (Å²) in [5.74, 6) is 0. The van der Waals surface area contributed by atoms with Crippen molar-refractivity contribution >= 4 is 0 Å². The Balaban J connectivity index is 2.08. The zero-order valence-corrected chi connectivity index (χ0v) is 14.1. The van der Waals surface area contributed by atoms with Gasteiger partial charge in [-0.3, -0.25) is 10.2 Å². The summed E-state index contributed by atoms with van der Waals surface area (Å²) in [5.41, 5.74) is 0. The minimum Gasteiger partial charge on any atom is -0.276 e. The largest absolute Gasteiger partial charge is 0.276 e. The topological polar surface area (TPSA) is 108 Å². The number of hydrazine groups is 2. The molecule has 0 radical (unpaired) electrons. The van der Waals surface area contributed by atoms with Crippen LogP contribution in [0.3, 0.4) is 0 Å². The lowest BCUT2D eigenvalue weighted by Gasteiger charge is -2.32. The minimum atomic E-state index is -0.434. The van der Waals surface area contributed by atoms with E-state index in [1.807, 2.05) is 0 Å². The van der Waals surface area contributed by atoms with E-state index in [0.29, 0.717) is 6.54 Å². The standard InChI is InChI=1S/C14H28N6O4/c21-19(22)17-10-9-16(13-18(20(23)24)12-15-11-17)14-7-5-3-1-2-4-6-8-14/h14-15H,1-13H2. The summed E-state index contributed by atoms with van der Waals surface area (Å²) in [6, 6.07) is 0.261. The Morgan fingerprint density at radius 1 is 0.792 bits per heavy atom. The zero-order chi connectivity index (χ0) is 17.4. The van der Waals surface area contributed by atoms with Crippen LogP contribution < -0.4 is 5.32 Å². The van der Waals surface area contributed by atoms with Crippen molar-refractivity contribution in [3.63, 3.8) is 0 Å². The molecule has 2 fully saturated rings. The first kappa shape index (κ1) is 18.7. The predicted octanol–water partition coefficient (Wildman–Crippen LogP) is 1.25. The van der Waals surface area contributed by atoms with Crippen LogP contribution in [0.25, 0.3) is 0 Å². The van der Waals surface area contributed by atoms with Gasteiger partial charge in [0.15, 0.2) is 10.1 Å². The summed E-state index contributed by atoms with van der Waals surface area (Å²) >= 11 is 0. The van der Waals surface area contributed by atoms with Crippen LogP contribution in [0.1, 0.15) is 51.4 Å². The third-order valence-electron chi connectivity index (χ3n) is 4.88. The second-order valence-electron chi connectivity index (χ2n) is 6.58. The molecule has 24 heavy (non-hydrogen) atoms. The molecule has 1 saturated heterocycles. The van der Waals surface area contributed by atoms with Crippen molar-refractivity contribution in [2.24, 2.45) is 0 Å². The van der Waals surface area contributed by atoms with Crippen LogP contribution in [0, 0.1) is 20.2 Å². The first-order valence-corrected chi connectivity index (χ1v) is 8.81. The van der Waals surface area contributed by atoms with E-state index in [9.17, 15) is 20.2 Å². The van der Waals surface area contributed by atoms with Gasteiger partial charge >= 0.3 is 0 Å². The van der Waals surface area contributed by atoms with Crippen LogP contribution in [0.5, 0.6) is 0 Å². The smallest absolute Gasteiger partial charge is 0.162 e. The van der Waals surface area contributed by atoms with Crippen molar-refractivity contribution in [3.8, 4) is 0 Å². The molecule has 0 amide bonds. The number of nitro groups is 2. The van der Waals surface area contributed by atoms with Crippen molar-refractivity contribution in [2.75, 3.05) is 33.1 Å². The Labute approximate surface area is 142 Å². The molecule has 0 aromatic heterocycles. The van der Waals surface area contributed by atoms with E-state index >= 15 is 0 Å². The highest BCUT2D eigenvalue weighted by Crippen LogP contribution is 2.21. The van der Waals surface area contributed by atoms with E-state index in [1.165, 1.54) is 25.7 Å². The Morgan fingerprint density at radius 2 is 1.33 bits per heavy atom. The fourth-order valence-corrected chi connectivity index (χ4v) is 3.48. The molecule has 0 atom stereocenters. The molecule has 1 aliphatic heterocycles. The highest BCUT2D eigenvalue weighted by molar-refractivity contribution is 4.74. The van der Waals surface area contributed by atoms with Gasteiger partial charge in [-0.2, -0.15) is 0 Å². The van der Waals surface area contributed by atoms with Crippen molar-refractivity contribution in [3.05, 3.63) is 20.2 Å². The maximum absolute atomic E-state index is 11.3. The molecule has 1 heterocycles. The van der Waals surface area contributed by atoms with Crippen LogP contribution in [0.15, 0.2) is 0 Å². The van der Waals surface area contributed by atoms with Gasteiger partial charge in [0.2, 0.25) is 0 Å². The van der Waals surface area contributed by atoms with E-state index in [-0.39, 0.29) is 32.6 Å². The van der Waals surface area contributed by atoms with Gasteiger partial charge in [-0.25, -0.2) is 20.2 Å². The summed E-state index contributed by atoms with van der Waals surface area (Å²) in [4.78, 5) is 24.4. The van der Waals surface area contributed by atoms with Gasteiger partial charge in [0, 0.05) is 12.6 Å². The molecule has 0 bridgehead atoms. The summed E-state index contributed by atoms with van der Waals surface area (Å²) in [5, 5.41) is 26.5. The molecule has 0 unspecified atom stereocenters. The fraction of sp³-hybridized carbons (Fsp3) is 1.00. The van der Waals surface area contributed by atoms with E-state index in [4.69, 9.17) is 0 Å².